The van der Waals surface area contributed by atoms with Gasteiger partial charge in [0, 0.05) is 12.8 Å². The molecule has 12 heteroatoms. The first-order chi connectivity index (χ1) is 26.1. The Bertz CT molecular complexity index is 1100. The van der Waals surface area contributed by atoms with Crippen LogP contribution in [-0.2, 0) is 32.7 Å². The van der Waals surface area contributed by atoms with Gasteiger partial charge < -0.3 is 29.7 Å². The van der Waals surface area contributed by atoms with Gasteiger partial charge in [0.05, 0.1) is 25.9 Å². The number of ether oxygens (including phenoxy) is 2. The van der Waals surface area contributed by atoms with Gasteiger partial charge in [0.25, 0.3) is 0 Å². The molecule has 4 N–H and O–H groups in total. The summed E-state index contributed by atoms with van der Waals surface area (Å²) in [5.41, 5.74) is 0. The predicted octanol–water partition coefficient (Wildman–Crippen LogP) is 9.30. The fourth-order valence-electron chi connectivity index (χ4n) is 5.06. The van der Waals surface area contributed by atoms with E-state index in [0.29, 0.717) is 19.3 Å². The highest BCUT2D eigenvalue weighted by molar-refractivity contribution is 7.47. The smallest absolute Gasteiger partial charge is 0.462 e. The summed E-state index contributed by atoms with van der Waals surface area (Å²) in [4.78, 5) is 34.9. The number of allylic oxidation sites excluding steroid dienone is 8. The molecule has 0 heterocycles. The van der Waals surface area contributed by atoms with E-state index in [1.54, 1.807) is 6.08 Å². The molecule has 0 rings (SSSR count). The molecule has 0 amide bonds. The molecule has 0 aromatic carbocycles. The van der Waals surface area contributed by atoms with Crippen molar-refractivity contribution >= 4 is 19.8 Å². The maximum atomic E-state index is 12.6. The molecule has 0 aliphatic heterocycles. The second kappa shape index (κ2) is 37.5. The molecule has 0 spiro atoms. The first-order valence-electron chi connectivity index (χ1n) is 20.4. The maximum absolute atomic E-state index is 12.6. The molecule has 0 saturated carbocycles. The summed E-state index contributed by atoms with van der Waals surface area (Å²) in [6.07, 6.45) is 36.6. The molecule has 11 nitrogen and oxygen atoms in total. The minimum Gasteiger partial charge on any atom is -0.462 e. The molecule has 0 aliphatic rings. The van der Waals surface area contributed by atoms with E-state index in [1.807, 2.05) is 24.3 Å². The van der Waals surface area contributed by atoms with E-state index in [2.05, 4.69) is 48.8 Å². The van der Waals surface area contributed by atoms with Crippen LogP contribution in [0.3, 0.4) is 0 Å². The Morgan fingerprint density at radius 2 is 1.22 bits per heavy atom. The van der Waals surface area contributed by atoms with E-state index in [4.69, 9.17) is 19.1 Å². The third-order valence-corrected chi connectivity index (χ3v) is 9.19. The number of phosphoric ester groups is 1. The standard InChI is InChI=1S/C42H73O11P/c1-3-5-7-8-9-10-11-12-13-14-15-18-22-25-29-33-42(47)53-40(37-52-54(48,49)51-35-39(45)34-43)36-50-41(46)32-28-24-21-19-16-17-20-23-27-31-38(44)30-26-6-4-2/h6,9-10,12-13,20,23,26-27,31,38-40,43-45H,3-5,7-8,11,14-19,21-22,24-25,28-30,32-37H2,1-2H3,(H,48,49)/b10-9-,13-12-,23-20+,26-6+,31-27+/t38?,39-,40+/m0/s1. The summed E-state index contributed by atoms with van der Waals surface area (Å²) in [7, 11) is -4.64. The molecule has 0 fully saturated rings. The summed E-state index contributed by atoms with van der Waals surface area (Å²) in [6.45, 7) is 2.06. The summed E-state index contributed by atoms with van der Waals surface area (Å²) in [5.74, 6) is -1.00. The van der Waals surface area contributed by atoms with Gasteiger partial charge in [0.1, 0.15) is 12.7 Å². The van der Waals surface area contributed by atoms with Crippen molar-refractivity contribution in [1.82, 2.24) is 0 Å². The number of hydrogen-bond donors (Lipinski definition) is 4. The van der Waals surface area contributed by atoms with E-state index in [0.717, 1.165) is 83.5 Å². The lowest BCUT2D eigenvalue weighted by Crippen LogP contribution is -2.29. The number of unbranched alkanes of at least 4 members (excludes halogenated alkanes) is 13. The molecule has 312 valence electrons. The zero-order valence-electron chi connectivity index (χ0n) is 33.3. The monoisotopic (exact) mass is 784 g/mol. The molecule has 0 saturated heterocycles. The normalized spacial score (nSPS) is 15.1. The fraction of sp³-hybridized carbons (Fsp3) is 0.714. The Kier molecular flexibility index (Phi) is 35.9. The van der Waals surface area contributed by atoms with Crippen LogP contribution in [0.4, 0.5) is 0 Å². The molecule has 0 aromatic rings. The highest BCUT2D eigenvalue weighted by Gasteiger charge is 2.27. The SMILES string of the molecule is CC/C=C/CC(O)/C=C/C=C/CCCCCCCC(=O)OC[C@H](COP(=O)(O)OC[C@@H](O)CO)OC(=O)CCCCCCC/C=C\C/C=C\CCCCC. The van der Waals surface area contributed by atoms with Crippen LogP contribution in [0, 0.1) is 0 Å². The van der Waals surface area contributed by atoms with E-state index in [1.165, 1.54) is 19.3 Å². The lowest BCUT2D eigenvalue weighted by atomic mass is 10.1. The number of phosphoric acid groups is 1. The van der Waals surface area contributed by atoms with Gasteiger partial charge in [-0.05, 0) is 70.6 Å². The van der Waals surface area contributed by atoms with Gasteiger partial charge in [0.15, 0.2) is 6.10 Å². The minimum absolute atomic E-state index is 0.150. The molecular formula is C42H73O11P. The Balaban J connectivity index is 4.44. The predicted molar refractivity (Wildman–Crippen MR) is 216 cm³/mol. The third-order valence-electron chi connectivity index (χ3n) is 8.24. The number of rotatable bonds is 37. The average molecular weight is 785 g/mol. The van der Waals surface area contributed by atoms with Gasteiger partial charge in [-0.1, -0.05) is 126 Å². The van der Waals surface area contributed by atoms with Gasteiger partial charge in [-0.2, -0.15) is 0 Å². The second-order valence-electron chi connectivity index (χ2n) is 13.5. The quantitative estimate of drug-likeness (QED) is 0.0156. The van der Waals surface area contributed by atoms with Crippen LogP contribution in [0.5, 0.6) is 0 Å². The zero-order valence-corrected chi connectivity index (χ0v) is 34.2. The first kappa shape index (κ1) is 51.6. The molecular weight excluding hydrogens is 711 g/mol. The van der Waals surface area contributed by atoms with Crippen molar-refractivity contribution in [3.63, 3.8) is 0 Å². The number of hydrogen-bond acceptors (Lipinski definition) is 10. The summed E-state index contributed by atoms with van der Waals surface area (Å²) >= 11 is 0. The molecule has 0 aromatic heterocycles. The topological polar surface area (TPSA) is 169 Å². The zero-order chi connectivity index (χ0) is 40.0. The number of aliphatic hydroxyl groups excluding tert-OH is 3. The van der Waals surface area contributed by atoms with Crippen LogP contribution < -0.4 is 0 Å². The largest absolute Gasteiger partial charge is 0.472 e. The maximum Gasteiger partial charge on any atom is 0.472 e. The van der Waals surface area contributed by atoms with Crippen LogP contribution in [0.2, 0.25) is 0 Å². The molecule has 0 bridgehead atoms. The molecule has 0 aliphatic carbocycles. The summed E-state index contributed by atoms with van der Waals surface area (Å²) in [5, 5.41) is 28.2. The van der Waals surface area contributed by atoms with Gasteiger partial charge in [-0.15, -0.1) is 0 Å². The van der Waals surface area contributed by atoms with Gasteiger partial charge in [-0.25, -0.2) is 4.57 Å². The van der Waals surface area contributed by atoms with Crippen molar-refractivity contribution < 1.29 is 52.9 Å². The van der Waals surface area contributed by atoms with Crippen LogP contribution in [0.15, 0.2) is 60.8 Å². The lowest BCUT2D eigenvalue weighted by molar-refractivity contribution is -0.161. The molecule has 4 atom stereocenters. The van der Waals surface area contributed by atoms with Gasteiger partial charge in [-0.3, -0.25) is 18.6 Å². The van der Waals surface area contributed by atoms with Crippen LogP contribution in [0.1, 0.15) is 149 Å². The van der Waals surface area contributed by atoms with Gasteiger partial charge in [0.2, 0.25) is 0 Å². The molecule has 0 radical (unpaired) electrons. The van der Waals surface area contributed by atoms with E-state index >= 15 is 0 Å². The number of carbonyl (C=O) groups excluding carboxylic acids is 2. The molecule has 2 unspecified atom stereocenters. The lowest BCUT2D eigenvalue weighted by Gasteiger charge is -2.20. The minimum atomic E-state index is -4.64. The second-order valence-corrected chi connectivity index (χ2v) is 14.9. The van der Waals surface area contributed by atoms with Crippen molar-refractivity contribution in [1.29, 1.82) is 0 Å². The van der Waals surface area contributed by atoms with Crippen molar-refractivity contribution in [3.8, 4) is 0 Å². The van der Waals surface area contributed by atoms with Crippen molar-refractivity contribution in [3.05, 3.63) is 60.8 Å². The summed E-state index contributed by atoms with van der Waals surface area (Å²) < 4.78 is 32.6. The third kappa shape index (κ3) is 36.6. The van der Waals surface area contributed by atoms with Crippen LogP contribution >= 0.6 is 7.82 Å². The Morgan fingerprint density at radius 3 is 1.85 bits per heavy atom. The van der Waals surface area contributed by atoms with Crippen LogP contribution in [-0.4, -0.2) is 76.9 Å². The van der Waals surface area contributed by atoms with Crippen LogP contribution in [0.25, 0.3) is 0 Å². The van der Waals surface area contributed by atoms with E-state index in [-0.39, 0.29) is 19.4 Å². The van der Waals surface area contributed by atoms with Crippen molar-refractivity contribution in [2.75, 3.05) is 26.4 Å². The van der Waals surface area contributed by atoms with Crippen molar-refractivity contribution in [2.45, 2.75) is 167 Å². The highest BCUT2D eigenvalue weighted by atomic mass is 31.2. The van der Waals surface area contributed by atoms with Gasteiger partial charge >= 0.3 is 19.8 Å². The Hall–Kier alpha value is -2.37. The van der Waals surface area contributed by atoms with Crippen molar-refractivity contribution in [2.24, 2.45) is 0 Å². The molecule has 54 heavy (non-hydrogen) atoms. The first-order valence-corrected chi connectivity index (χ1v) is 21.8. The number of carbonyl (C=O) groups is 2. The Morgan fingerprint density at radius 1 is 0.648 bits per heavy atom. The average Bonchev–Trinajstić information content (AvgIpc) is 3.15. The van der Waals surface area contributed by atoms with E-state index in [9.17, 15) is 29.3 Å². The highest BCUT2D eigenvalue weighted by Crippen LogP contribution is 2.43. The number of aliphatic hydroxyl groups is 3. The fourth-order valence-corrected chi connectivity index (χ4v) is 5.85. The number of esters is 2. The Labute approximate surface area is 326 Å². The van der Waals surface area contributed by atoms with E-state index < -0.39 is 57.9 Å². The summed E-state index contributed by atoms with van der Waals surface area (Å²) in [6, 6.07) is 0.